The summed E-state index contributed by atoms with van der Waals surface area (Å²) >= 11 is 5.78. The zero-order valence-electron chi connectivity index (χ0n) is 12.1. The number of alkyl halides is 1. The van der Waals surface area contributed by atoms with Gasteiger partial charge in [0.2, 0.25) is 10.0 Å². The van der Waals surface area contributed by atoms with Crippen LogP contribution in [0.3, 0.4) is 0 Å². The smallest absolute Gasteiger partial charge is 0.243 e. The highest BCUT2D eigenvalue weighted by molar-refractivity contribution is 7.89. The molecule has 20 heavy (non-hydrogen) atoms. The number of hydrogen-bond donors (Lipinski definition) is 0. The third-order valence-corrected chi connectivity index (χ3v) is 6.03. The molecule has 6 heteroatoms. The number of sulfonamides is 1. The largest absolute Gasteiger partial charge is 0.305 e. The Morgan fingerprint density at radius 2 is 2.05 bits per heavy atom. The Hall–Kier alpha value is -0.620. The van der Waals surface area contributed by atoms with Gasteiger partial charge in [-0.1, -0.05) is 19.1 Å². The number of halogens is 1. The summed E-state index contributed by atoms with van der Waals surface area (Å²) in [6.07, 6.45) is 0. The molecule has 1 aliphatic heterocycles. The van der Waals surface area contributed by atoms with Crippen molar-refractivity contribution in [2.45, 2.75) is 23.7 Å². The van der Waals surface area contributed by atoms with Crippen LogP contribution in [0.5, 0.6) is 0 Å². The topological polar surface area (TPSA) is 40.6 Å². The maximum Gasteiger partial charge on any atom is 0.243 e. The number of hydrogen-bond acceptors (Lipinski definition) is 3. The Morgan fingerprint density at radius 3 is 2.60 bits per heavy atom. The Balaban J connectivity index is 2.27. The van der Waals surface area contributed by atoms with E-state index in [1.165, 1.54) is 0 Å². The SMILES string of the molecule is CC1CN(S(=O)(=O)c2cccc(CCl)c2)CC1N(C)C. The molecule has 1 heterocycles. The fraction of sp³-hybridized carbons (Fsp3) is 0.571. The van der Waals surface area contributed by atoms with E-state index in [9.17, 15) is 8.42 Å². The highest BCUT2D eigenvalue weighted by Crippen LogP contribution is 2.27. The van der Waals surface area contributed by atoms with Gasteiger partial charge in [-0.05, 0) is 37.7 Å². The van der Waals surface area contributed by atoms with Crippen LogP contribution in [0.4, 0.5) is 0 Å². The molecular weight excluding hydrogens is 296 g/mol. The summed E-state index contributed by atoms with van der Waals surface area (Å²) in [6.45, 7) is 3.20. The van der Waals surface area contributed by atoms with E-state index < -0.39 is 10.0 Å². The molecule has 4 nitrogen and oxygen atoms in total. The van der Waals surface area contributed by atoms with Gasteiger partial charge in [0.15, 0.2) is 0 Å². The molecule has 0 bridgehead atoms. The van der Waals surface area contributed by atoms with E-state index in [1.807, 2.05) is 20.2 Å². The van der Waals surface area contributed by atoms with Crippen LogP contribution in [0.25, 0.3) is 0 Å². The number of likely N-dealkylation sites (N-methyl/N-ethyl adjacent to an activating group) is 1. The predicted octanol–water partition coefficient (Wildman–Crippen LogP) is 2.00. The Labute approximate surface area is 126 Å². The molecule has 0 saturated carbocycles. The van der Waals surface area contributed by atoms with E-state index in [0.717, 1.165) is 5.56 Å². The molecule has 2 unspecified atom stereocenters. The highest BCUT2D eigenvalue weighted by Gasteiger charge is 2.38. The molecule has 1 aliphatic rings. The van der Waals surface area contributed by atoms with Crippen molar-refractivity contribution in [3.63, 3.8) is 0 Å². The van der Waals surface area contributed by atoms with Crippen LogP contribution in [0, 0.1) is 5.92 Å². The first-order valence-corrected chi connectivity index (χ1v) is 8.65. The van der Waals surface area contributed by atoms with Crippen LogP contribution < -0.4 is 0 Å². The van der Waals surface area contributed by atoms with Crippen molar-refractivity contribution in [3.05, 3.63) is 29.8 Å². The zero-order valence-corrected chi connectivity index (χ0v) is 13.7. The van der Waals surface area contributed by atoms with Crippen molar-refractivity contribution < 1.29 is 8.42 Å². The molecule has 1 aromatic rings. The maximum absolute atomic E-state index is 12.7. The van der Waals surface area contributed by atoms with Crippen LogP contribution in [0.2, 0.25) is 0 Å². The normalized spacial score (nSPS) is 24.4. The van der Waals surface area contributed by atoms with E-state index in [-0.39, 0.29) is 6.04 Å². The molecule has 0 aliphatic carbocycles. The van der Waals surface area contributed by atoms with Crippen LogP contribution in [-0.2, 0) is 15.9 Å². The second-order valence-electron chi connectivity index (χ2n) is 5.61. The van der Waals surface area contributed by atoms with E-state index >= 15 is 0 Å². The first-order valence-electron chi connectivity index (χ1n) is 6.67. The van der Waals surface area contributed by atoms with Gasteiger partial charge in [-0.25, -0.2) is 8.42 Å². The minimum Gasteiger partial charge on any atom is -0.305 e. The quantitative estimate of drug-likeness (QED) is 0.798. The molecule has 1 aromatic carbocycles. The summed E-state index contributed by atoms with van der Waals surface area (Å²) in [7, 11) is 0.560. The summed E-state index contributed by atoms with van der Waals surface area (Å²) in [6, 6.07) is 7.14. The molecule has 1 saturated heterocycles. The summed E-state index contributed by atoms with van der Waals surface area (Å²) in [5.41, 5.74) is 0.823. The van der Waals surface area contributed by atoms with E-state index in [4.69, 9.17) is 11.6 Å². The second-order valence-corrected chi connectivity index (χ2v) is 7.82. The van der Waals surface area contributed by atoms with Gasteiger partial charge in [0.05, 0.1) is 4.90 Å². The van der Waals surface area contributed by atoms with Crippen molar-refractivity contribution in [1.82, 2.24) is 9.21 Å². The van der Waals surface area contributed by atoms with Crippen molar-refractivity contribution in [2.24, 2.45) is 5.92 Å². The van der Waals surface area contributed by atoms with Crippen LogP contribution >= 0.6 is 11.6 Å². The van der Waals surface area contributed by atoms with Crippen molar-refractivity contribution in [3.8, 4) is 0 Å². The molecule has 0 N–H and O–H groups in total. The number of benzene rings is 1. The molecule has 1 fully saturated rings. The molecule has 0 spiro atoms. The van der Waals surface area contributed by atoms with Crippen LogP contribution in [-0.4, -0.2) is 50.8 Å². The van der Waals surface area contributed by atoms with Gasteiger partial charge in [-0.2, -0.15) is 4.31 Å². The lowest BCUT2D eigenvalue weighted by molar-refractivity contribution is 0.263. The van der Waals surface area contributed by atoms with E-state index in [2.05, 4.69) is 11.8 Å². The first-order chi connectivity index (χ1) is 9.36. The third kappa shape index (κ3) is 3.01. The zero-order chi connectivity index (χ0) is 14.9. The molecule has 0 radical (unpaired) electrons. The number of rotatable bonds is 4. The standard InChI is InChI=1S/C14H21ClN2O2S/c1-11-9-17(10-14(11)16(2)3)20(18,19)13-6-4-5-12(7-13)8-15/h4-7,11,14H,8-10H2,1-3H3. The molecule has 0 aromatic heterocycles. The summed E-state index contributed by atoms with van der Waals surface area (Å²) in [5, 5.41) is 0. The van der Waals surface area contributed by atoms with E-state index in [0.29, 0.717) is 29.8 Å². The monoisotopic (exact) mass is 316 g/mol. The lowest BCUT2D eigenvalue weighted by Gasteiger charge is -2.22. The first kappa shape index (κ1) is 15.8. The summed E-state index contributed by atoms with van der Waals surface area (Å²) < 4.78 is 26.9. The van der Waals surface area contributed by atoms with Gasteiger partial charge >= 0.3 is 0 Å². The lowest BCUT2D eigenvalue weighted by atomic mass is 10.1. The van der Waals surface area contributed by atoms with Crippen molar-refractivity contribution in [2.75, 3.05) is 27.2 Å². The van der Waals surface area contributed by atoms with Gasteiger partial charge < -0.3 is 4.90 Å². The average molecular weight is 317 g/mol. The van der Waals surface area contributed by atoms with Gasteiger partial charge in [0.1, 0.15) is 0 Å². The minimum absolute atomic E-state index is 0.265. The molecule has 112 valence electrons. The predicted molar refractivity (Wildman–Crippen MR) is 81.4 cm³/mol. The lowest BCUT2D eigenvalue weighted by Crippen LogP contribution is -2.35. The summed E-state index contributed by atoms with van der Waals surface area (Å²) in [4.78, 5) is 2.43. The highest BCUT2D eigenvalue weighted by atomic mass is 35.5. The Bertz CT molecular complexity index is 574. The molecule has 0 amide bonds. The van der Waals surface area contributed by atoms with Crippen LogP contribution in [0.1, 0.15) is 12.5 Å². The van der Waals surface area contributed by atoms with Crippen molar-refractivity contribution >= 4 is 21.6 Å². The molecule has 2 rings (SSSR count). The minimum atomic E-state index is -3.42. The third-order valence-electron chi connectivity index (χ3n) is 3.89. The average Bonchev–Trinajstić information content (AvgIpc) is 2.82. The molecule has 2 atom stereocenters. The fourth-order valence-corrected chi connectivity index (χ4v) is 4.51. The van der Waals surface area contributed by atoms with E-state index in [1.54, 1.807) is 22.5 Å². The van der Waals surface area contributed by atoms with Gasteiger partial charge in [0, 0.05) is 25.0 Å². The van der Waals surface area contributed by atoms with Crippen molar-refractivity contribution in [1.29, 1.82) is 0 Å². The van der Waals surface area contributed by atoms with Crippen LogP contribution in [0.15, 0.2) is 29.2 Å². The summed E-state index contributed by atoms with van der Waals surface area (Å²) in [5.74, 6) is 0.649. The number of nitrogens with zero attached hydrogens (tertiary/aromatic N) is 2. The van der Waals surface area contributed by atoms with Gasteiger partial charge in [-0.3, -0.25) is 0 Å². The van der Waals surface area contributed by atoms with Gasteiger partial charge in [0.25, 0.3) is 0 Å². The second kappa shape index (κ2) is 6.02. The molecular formula is C14H21ClN2O2S. The van der Waals surface area contributed by atoms with Gasteiger partial charge in [-0.15, -0.1) is 11.6 Å². The fourth-order valence-electron chi connectivity index (χ4n) is 2.71. The Kier molecular flexibility index (Phi) is 4.74. The maximum atomic E-state index is 12.7. The Morgan fingerprint density at radius 1 is 1.35 bits per heavy atom.